The van der Waals surface area contributed by atoms with Crippen LogP contribution in [-0.2, 0) is 14.8 Å². The number of methoxy groups -OCH3 is 2. The van der Waals surface area contributed by atoms with E-state index in [1.165, 1.54) is 18.5 Å². The van der Waals surface area contributed by atoms with E-state index in [-0.39, 0.29) is 6.54 Å². The fraction of sp³-hybridized carbons (Fsp3) is 0.562. The lowest BCUT2D eigenvalue weighted by Gasteiger charge is -2.21. The number of carbonyl (C=O) groups excluding carboxylic acids is 1. The number of nitrogens with zero attached hydrogens (tertiary/aromatic N) is 1. The zero-order chi connectivity index (χ0) is 18.3. The van der Waals surface area contributed by atoms with E-state index in [0.29, 0.717) is 36.1 Å². The minimum atomic E-state index is -3.46. The first-order valence-electron chi connectivity index (χ1n) is 7.64. The highest BCUT2D eigenvalue weighted by Gasteiger charge is 2.21. The van der Waals surface area contributed by atoms with Gasteiger partial charge in [-0.3, -0.25) is 4.79 Å². The van der Waals surface area contributed by atoms with Crippen LogP contribution < -0.4 is 14.8 Å². The number of hydrogen-bond donors (Lipinski definition) is 1. The first-order valence-corrected chi connectivity index (χ1v) is 9.49. The van der Waals surface area contributed by atoms with Gasteiger partial charge < -0.3 is 14.8 Å². The third kappa shape index (κ3) is 6.37. The van der Waals surface area contributed by atoms with Crippen molar-refractivity contribution in [3.63, 3.8) is 0 Å². The third-order valence-corrected chi connectivity index (χ3v) is 4.68. The van der Waals surface area contributed by atoms with Gasteiger partial charge in [-0.2, -0.15) is 4.31 Å². The molecule has 0 fully saturated rings. The van der Waals surface area contributed by atoms with Crippen LogP contribution in [-0.4, -0.2) is 52.2 Å². The zero-order valence-corrected chi connectivity index (χ0v) is 15.6. The number of hydrogen-bond acceptors (Lipinski definition) is 5. The van der Waals surface area contributed by atoms with Crippen LogP contribution in [0.5, 0.6) is 11.5 Å². The normalized spacial score (nSPS) is 11.6. The molecule has 1 aromatic rings. The molecule has 8 heteroatoms. The van der Waals surface area contributed by atoms with E-state index in [4.69, 9.17) is 9.47 Å². The second-order valence-electron chi connectivity index (χ2n) is 5.89. The number of anilines is 1. The van der Waals surface area contributed by atoms with E-state index in [0.717, 1.165) is 6.26 Å². The highest BCUT2D eigenvalue weighted by atomic mass is 32.2. The molecule has 0 saturated heterocycles. The number of carbonyl (C=O) groups is 1. The Labute approximate surface area is 144 Å². The second kappa shape index (κ2) is 8.89. The summed E-state index contributed by atoms with van der Waals surface area (Å²) in [6.45, 7) is 4.06. The maximum atomic E-state index is 12.3. The molecule has 0 aliphatic heterocycles. The summed E-state index contributed by atoms with van der Waals surface area (Å²) in [5.74, 6) is 0.939. The fourth-order valence-corrected chi connectivity index (χ4v) is 2.81. The maximum absolute atomic E-state index is 12.3. The highest BCUT2D eigenvalue weighted by molar-refractivity contribution is 7.88. The minimum Gasteiger partial charge on any atom is -0.497 e. The zero-order valence-electron chi connectivity index (χ0n) is 14.8. The predicted molar refractivity (Wildman–Crippen MR) is 94.0 cm³/mol. The molecule has 0 atom stereocenters. The molecule has 1 N–H and O–H groups in total. The number of amides is 1. The number of ether oxygens (including phenoxy) is 2. The molecule has 0 heterocycles. The summed E-state index contributed by atoms with van der Waals surface area (Å²) in [5.41, 5.74) is 0.430. The Kier molecular flexibility index (Phi) is 7.50. The van der Waals surface area contributed by atoms with Crippen LogP contribution in [0.25, 0.3) is 0 Å². The summed E-state index contributed by atoms with van der Waals surface area (Å²) in [5, 5.41) is 2.68. The molecule has 136 valence electrons. The topological polar surface area (TPSA) is 84.9 Å². The monoisotopic (exact) mass is 358 g/mol. The molecular weight excluding hydrogens is 332 g/mol. The van der Waals surface area contributed by atoms with Crippen LogP contribution in [0.4, 0.5) is 5.69 Å². The van der Waals surface area contributed by atoms with Gasteiger partial charge in [-0.25, -0.2) is 8.42 Å². The average molecular weight is 358 g/mol. The summed E-state index contributed by atoms with van der Waals surface area (Å²) < 4.78 is 35.2. The molecule has 0 spiro atoms. The molecule has 0 unspecified atom stereocenters. The number of benzene rings is 1. The maximum Gasteiger partial charge on any atom is 0.239 e. The van der Waals surface area contributed by atoms with Crippen molar-refractivity contribution in [2.75, 3.05) is 38.9 Å². The van der Waals surface area contributed by atoms with Gasteiger partial charge in [-0.15, -0.1) is 0 Å². The van der Waals surface area contributed by atoms with Crippen molar-refractivity contribution in [2.45, 2.75) is 20.3 Å². The molecule has 0 aliphatic rings. The van der Waals surface area contributed by atoms with Gasteiger partial charge in [0.05, 0.1) is 32.7 Å². The summed E-state index contributed by atoms with van der Waals surface area (Å²) in [7, 11) is -0.452. The lowest BCUT2D eigenvalue weighted by Crippen LogP contribution is -2.38. The second-order valence-corrected chi connectivity index (χ2v) is 7.88. The molecule has 0 saturated carbocycles. The molecule has 0 aromatic heterocycles. The van der Waals surface area contributed by atoms with Gasteiger partial charge in [-0.1, -0.05) is 13.8 Å². The first kappa shape index (κ1) is 20.2. The van der Waals surface area contributed by atoms with E-state index >= 15 is 0 Å². The van der Waals surface area contributed by atoms with E-state index < -0.39 is 15.9 Å². The van der Waals surface area contributed by atoms with Gasteiger partial charge in [0.2, 0.25) is 15.9 Å². The van der Waals surface area contributed by atoms with Crippen molar-refractivity contribution in [3.8, 4) is 11.5 Å². The van der Waals surface area contributed by atoms with Crippen LogP contribution >= 0.6 is 0 Å². The quantitative estimate of drug-likeness (QED) is 0.729. The molecule has 7 nitrogen and oxygen atoms in total. The summed E-state index contributed by atoms with van der Waals surface area (Å²) in [4.78, 5) is 12.3. The minimum absolute atomic E-state index is 0.244. The van der Waals surface area contributed by atoms with E-state index in [9.17, 15) is 13.2 Å². The average Bonchev–Trinajstić information content (AvgIpc) is 2.49. The molecule has 1 rings (SSSR count). The summed E-state index contributed by atoms with van der Waals surface area (Å²) >= 11 is 0. The lowest BCUT2D eigenvalue weighted by atomic mass is 10.1. The van der Waals surface area contributed by atoms with Crippen LogP contribution in [0.15, 0.2) is 18.2 Å². The van der Waals surface area contributed by atoms with Crippen molar-refractivity contribution in [2.24, 2.45) is 5.92 Å². The van der Waals surface area contributed by atoms with Crippen molar-refractivity contribution in [1.29, 1.82) is 0 Å². The lowest BCUT2D eigenvalue weighted by molar-refractivity contribution is -0.116. The Morgan fingerprint density at radius 3 is 2.42 bits per heavy atom. The number of rotatable bonds is 9. The Balaban J connectivity index is 2.86. The number of nitrogens with one attached hydrogen (secondary N) is 1. The van der Waals surface area contributed by atoms with Crippen molar-refractivity contribution >= 4 is 21.6 Å². The van der Waals surface area contributed by atoms with E-state index in [2.05, 4.69) is 5.32 Å². The smallest absolute Gasteiger partial charge is 0.239 e. The Hall–Kier alpha value is -1.80. The van der Waals surface area contributed by atoms with Crippen molar-refractivity contribution < 1.29 is 22.7 Å². The molecule has 1 amide bonds. The Morgan fingerprint density at radius 1 is 1.25 bits per heavy atom. The predicted octanol–water partition coefficient (Wildman–Crippen LogP) is 1.95. The van der Waals surface area contributed by atoms with Crippen LogP contribution in [0.1, 0.15) is 20.3 Å². The van der Waals surface area contributed by atoms with Gasteiger partial charge in [-0.05, 0) is 24.5 Å². The summed E-state index contributed by atoms with van der Waals surface area (Å²) in [6.07, 6.45) is 1.79. The van der Waals surface area contributed by atoms with Gasteiger partial charge in [0.25, 0.3) is 0 Å². The Morgan fingerprint density at radius 2 is 1.92 bits per heavy atom. The fourth-order valence-electron chi connectivity index (χ4n) is 2.03. The van der Waals surface area contributed by atoms with Gasteiger partial charge in [0.1, 0.15) is 11.5 Å². The van der Waals surface area contributed by atoms with Crippen LogP contribution in [0.2, 0.25) is 0 Å². The first-order chi connectivity index (χ1) is 11.2. The van der Waals surface area contributed by atoms with Crippen molar-refractivity contribution in [1.82, 2.24) is 4.31 Å². The number of sulfonamides is 1. The highest BCUT2D eigenvalue weighted by Crippen LogP contribution is 2.28. The molecule has 0 radical (unpaired) electrons. The molecule has 24 heavy (non-hydrogen) atoms. The van der Waals surface area contributed by atoms with E-state index in [1.807, 2.05) is 13.8 Å². The van der Waals surface area contributed by atoms with Gasteiger partial charge in [0.15, 0.2) is 0 Å². The standard InChI is InChI=1S/C16H26N2O5S/c1-12(2)8-9-18(24(5,20)21)11-16(19)17-14-10-13(22-3)6-7-15(14)23-4/h6-7,10,12H,8-9,11H2,1-5H3,(H,17,19). The largest absolute Gasteiger partial charge is 0.497 e. The van der Waals surface area contributed by atoms with Crippen LogP contribution in [0.3, 0.4) is 0 Å². The Bertz CT molecular complexity index is 658. The molecule has 0 aliphatic carbocycles. The van der Waals surface area contributed by atoms with Crippen LogP contribution in [0, 0.1) is 5.92 Å². The van der Waals surface area contributed by atoms with Crippen molar-refractivity contribution in [3.05, 3.63) is 18.2 Å². The molecule has 1 aromatic carbocycles. The SMILES string of the molecule is COc1ccc(OC)c(NC(=O)CN(CCC(C)C)S(C)(=O)=O)c1. The van der Waals surface area contributed by atoms with E-state index in [1.54, 1.807) is 18.2 Å². The molecule has 0 bridgehead atoms. The van der Waals surface area contributed by atoms with Gasteiger partial charge >= 0.3 is 0 Å². The summed E-state index contributed by atoms with van der Waals surface area (Å²) in [6, 6.07) is 5.00. The third-order valence-electron chi connectivity index (χ3n) is 3.43. The van der Waals surface area contributed by atoms with Gasteiger partial charge in [0, 0.05) is 12.6 Å². The molecular formula is C16H26N2O5S.